The van der Waals surface area contributed by atoms with Crippen LogP contribution in [0.2, 0.25) is 5.02 Å². The van der Waals surface area contributed by atoms with Crippen molar-refractivity contribution in [3.8, 4) is 11.3 Å². The highest BCUT2D eigenvalue weighted by atomic mass is 35.5. The number of benzene rings is 1. The molecular weight excluding hydrogens is 350 g/mol. The van der Waals surface area contributed by atoms with Gasteiger partial charge < -0.3 is 10.2 Å². The zero-order chi connectivity index (χ0) is 16.1. The molecule has 4 nitrogen and oxygen atoms in total. The summed E-state index contributed by atoms with van der Waals surface area (Å²) in [6, 6.07) is 7.53. The van der Waals surface area contributed by atoms with Crippen LogP contribution in [0.15, 0.2) is 29.6 Å². The standard InChI is InChI=1S/C16H18ClN3OS2/c17-13-3-1-12(2-4-13)14-11-23-16(18-14)19-15(21)5-6-20-7-9-22-10-8-20/h1-4,11H,5-10H2,(H,18,19,21). The molecule has 2 aromatic rings. The Hall–Kier alpha value is -1.08. The molecular formula is C16H18ClN3OS2. The van der Waals surface area contributed by atoms with Gasteiger partial charge >= 0.3 is 0 Å². The van der Waals surface area contributed by atoms with Crippen molar-refractivity contribution in [1.82, 2.24) is 9.88 Å². The van der Waals surface area contributed by atoms with Crippen LogP contribution in [0.1, 0.15) is 6.42 Å². The summed E-state index contributed by atoms with van der Waals surface area (Å²) in [4.78, 5) is 18.9. The van der Waals surface area contributed by atoms with E-state index in [0.29, 0.717) is 16.6 Å². The van der Waals surface area contributed by atoms with Gasteiger partial charge in [0, 0.05) is 53.5 Å². The third kappa shape index (κ3) is 4.94. The third-order valence-corrected chi connectivity index (χ3v) is 5.60. The maximum Gasteiger partial charge on any atom is 0.227 e. The molecule has 7 heteroatoms. The summed E-state index contributed by atoms with van der Waals surface area (Å²) in [7, 11) is 0. The molecule has 1 amide bonds. The van der Waals surface area contributed by atoms with Crippen molar-refractivity contribution in [1.29, 1.82) is 0 Å². The second-order valence-electron chi connectivity index (χ2n) is 5.30. The third-order valence-electron chi connectivity index (χ3n) is 3.65. The predicted molar refractivity (Wildman–Crippen MR) is 99.6 cm³/mol. The van der Waals surface area contributed by atoms with Gasteiger partial charge in [-0.05, 0) is 12.1 Å². The Kier molecular flexibility index (Phi) is 5.94. The maximum absolute atomic E-state index is 12.1. The van der Waals surface area contributed by atoms with E-state index in [1.165, 1.54) is 22.8 Å². The number of anilines is 1. The van der Waals surface area contributed by atoms with Crippen molar-refractivity contribution in [3.05, 3.63) is 34.7 Å². The molecule has 3 rings (SSSR count). The molecule has 23 heavy (non-hydrogen) atoms. The first kappa shape index (κ1) is 16.8. The van der Waals surface area contributed by atoms with E-state index in [-0.39, 0.29) is 5.91 Å². The zero-order valence-electron chi connectivity index (χ0n) is 12.6. The fourth-order valence-corrected chi connectivity index (χ4v) is 4.19. The Balaban J connectivity index is 1.51. The van der Waals surface area contributed by atoms with E-state index in [2.05, 4.69) is 15.2 Å². The molecule has 1 N–H and O–H groups in total. The first-order valence-corrected chi connectivity index (χ1v) is 9.93. The Bertz CT molecular complexity index is 654. The summed E-state index contributed by atoms with van der Waals surface area (Å²) in [5.74, 6) is 2.36. The topological polar surface area (TPSA) is 45.2 Å². The number of thioether (sulfide) groups is 1. The lowest BCUT2D eigenvalue weighted by Gasteiger charge is -2.25. The Morgan fingerprint density at radius 2 is 2.00 bits per heavy atom. The van der Waals surface area contributed by atoms with Gasteiger partial charge in [-0.2, -0.15) is 11.8 Å². The fraction of sp³-hybridized carbons (Fsp3) is 0.375. The number of hydrogen-bond acceptors (Lipinski definition) is 5. The smallest absolute Gasteiger partial charge is 0.227 e. The molecule has 122 valence electrons. The highest BCUT2D eigenvalue weighted by Crippen LogP contribution is 2.26. The molecule has 1 saturated heterocycles. The van der Waals surface area contributed by atoms with Gasteiger partial charge in [-0.25, -0.2) is 4.98 Å². The van der Waals surface area contributed by atoms with Crippen molar-refractivity contribution >= 4 is 45.7 Å². The largest absolute Gasteiger partial charge is 0.302 e. The van der Waals surface area contributed by atoms with Crippen LogP contribution in [0, 0.1) is 0 Å². The predicted octanol–water partition coefficient (Wildman–Crippen LogP) is 3.84. The maximum atomic E-state index is 12.1. The second kappa shape index (κ2) is 8.15. The number of thiazole rings is 1. The number of aromatic nitrogens is 1. The molecule has 1 aromatic carbocycles. The number of nitrogens with zero attached hydrogens (tertiary/aromatic N) is 2. The van der Waals surface area contributed by atoms with Crippen LogP contribution in [0.3, 0.4) is 0 Å². The van der Waals surface area contributed by atoms with E-state index >= 15 is 0 Å². The van der Waals surface area contributed by atoms with Gasteiger partial charge in [0.05, 0.1) is 5.69 Å². The number of carbonyl (C=O) groups is 1. The van der Waals surface area contributed by atoms with Gasteiger partial charge in [0.25, 0.3) is 0 Å². The first-order chi connectivity index (χ1) is 11.2. The molecule has 1 fully saturated rings. The summed E-state index contributed by atoms with van der Waals surface area (Å²) < 4.78 is 0. The highest BCUT2D eigenvalue weighted by molar-refractivity contribution is 7.99. The first-order valence-electron chi connectivity index (χ1n) is 7.52. The van der Waals surface area contributed by atoms with Crippen molar-refractivity contribution in [2.45, 2.75) is 6.42 Å². The van der Waals surface area contributed by atoms with E-state index in [1.807, 2.05) is 41.4 Å². The van der Waals surface area contributed by atoms with E-state index in [1.54, 1.807) is 0 Å². The number of amides is 1. The minimum Gasteiger partial charge on any atom is -0.302 e. The van der Waals surface area contributed by atoms with Crippen LogP contribution in [0.25, 0.3) is 11.3 Å². The fourth-order valence-electron chi connectivity index (χ4n) is 2.35. The minimum absolute atomic E-state index is 0.0280. The molecule has 0 unspecified atom stereocenters. The van der Waals surface area contributed by atoms with E-state index in [9.17, 15) is 4.79 Å². The molecule has 0 aliphatic carbocycles. The number of carbonyl (C=O) groups excluding carboxylic acids is 1. The number of nitrogens with one attached hydrogen (secondary N) is 1. The molecule has 0 radical (unpaired) electrons. The van der Waals surface area contributed by atoms with Crippen molar-refractivity contribution in [2.24, 2.45) is 0 Å². The van der Waals surface area contributed by atoms with Crippen LogP contribution in [0.4, 0.5) is 5.13 Å². The Morgan fingerprint density at radius 3 is 2.74 bits per heavy atom. The van der Waals surface area contributed by atoms with Gasteiger partial charge in [-0.1, -0.05) is 23.7 Å². The highest BCUT2D eigenvalue weighted by Gasteiger charge is 2.13. The lowest BCUT2D eigenvalue weighted by Crippen LogP contribution is -2.34. The van der Waals surface area contributed by atoms with Crippen LogP contribution in [-0.2, 0) is 4.79 Å². The van der Waals surface area contributed by atoms with Crippen LogP contribution >= 0.6 is 34.7 Å². The van der Waals surface area contributed by atoms with Crippen molar-refractivity contribution in [3.63, 3.8) is 0 Å². The van der Waals surface area contributed by atoms with Gasteiger partial charge in [0.2, 0.25) is 5.91 Å². The number of hydrogen-bond donors (Lipinski definition) is 1. The molecule has 0 atom stereocenters. The summed E-state index contributed by atoms with van der Waals surface area (Å²) in [5.41, 5.74) is 1.85. The minimum atomic E-state index is 0.0280. The number of halogens is 1. The monoisotopic (exact) mass is 367 g/mol. The molecule has 0 bridgehead atoms. The normalized spacial score (nSPS) is 15.5. The zero-order valence-corrected chi connectivity index (χ0v) is 15.0. The molecule has 2 heterocycles. The van der Waals surface area contributed by atoms with Gasteiger partial charge in [0.15, 0.2) is 5.13 Å². The molecule has 1 aliphatic heterocycles. The SMILES string of the molecule is O=C(CCN1CCSCC1)Nc1nc(-c2ccc(Cl)cc2)cs1. The number of rotatable bonds is 5. The quantitative estimate of drug-likeness (QED) is 0.872. The summed E-state index contributed by atoms with van der Waals surface area (Å²) in [6.45, 7) is 2.98. The van der Waals surface area contributed by atoms with Crippen LogP contribution in [-0.4, -0.2) is 46.9 Å². The van der Waals surface area contributed by atoms with E-state index in [0.717, 1.165) is 30.9 Å². The van der Waals surface area contributed by atoms with Crippen molar-refractivity contribution < 1.29 is 4.79 Å². The molecule has 0 saturated carbocycles. The lowest BCUT2D eigenvalue weighted by molar-refractivity contribution is -0.116. The second-order valence-corrected chi connectivity index (χ2v) is 7.82. The van der Waals surface area contributed by atoms with Crippen LogP contribution in [0.5, 0.6) is 0 Å². The molecule has 0 spiro atoms. The molecule has 1 aliphatic rings. The summed E-state index contributed by atoms with van der Waals surface area (Å²) in [6.07, 6.45) is 0.514. The summed E-state index contributed by atoms with van der Waals surface area (Å²) in [5, 5.41) is 6.19. The lowest BCUT2D eigenvalue weighted by atomic mass is 10.2. The average molecular weight is 368 g/mol. The van der Waals surface area contributed by atoms with E-state index in [4.69, 9.17) is 11.6 Å². The van der Waals surface area contributed by atoms with Gasteiger partial charge in [-0.15, -0.1) is 11.3 Å². The van der Waals surface area contributed by atoms with Gasteiger partial charge in [-0.3, -0.25) is 4.79 Å². The Morgan fingerprint density at radius 1 is 1.26 bits per heavy atom. The van der Waals surface area contributed by atoms with Gasteiger partial charge in [0.1, 0.15) is 0 Å². The van der Waals surface area contributed by atoms with Crippen molar-refractivity contribution in [2.75, 3.05) is 36.5 Å². The van der Waals surface area contributed by atoms with E-state index < -0.39 is 0 Å². The molecule has 1 aromatic heterocycles. The van der Waals surface area contributed by atoms with Crippen LogP contribution < -0.4 is 5.32 Å². The average Bonchev–Trinajstić information content (AvgIpc) is 3.03. The summed E-state index contributed by atoms with van der Waals surface area (Å²) >= 11 is 9.32. The Labute approximate surface area is 149 Å².